The number of rotatable bonds is 12. The number of aromatic amines is 1. The maximum atomic E-state index is 12.8. The van der Waals surface area contributed by atoms with Crippen molar-refractivity contribution in [3.05, 3.63) is 87.0 Å². The van der Waals surface area contributed by atoms with Crippen LogP contribution in [0.15, 0.2) is 64.5 Å². The smallest absolute Gasteiger partial charge is 0.351 e. The van der Waals surface area contributed by atoms with E-state index in [1.807, 2.05) is 0 Å². The predicted octanol–water partition coefficient (Wildman–Crippen LogP) is -1.13. The van der Waals surface area contributed by atoms with Gasteiger partial charge >= 0.3 is 11.7 Å². The van der Waals surface area contributed by atoms with Crippen molar-refractivity contribution in [1.82, 2.24) is 34.8 Å². The maximum absolute atomic E-state index is 12.8. The largest absolute Gasteiger partial charge is 0.480 e. The van der Waals surface area contributed by atoms with Gasteiger partial charge in [-0.15, -0.1) is 0 Å². The summed E-state index contributed by atoms with van der Waals surface area (Å²) in [7, 11) is 0. The average molecular weight is 663 g/mol. The first-order valence-electron chi connectivity index (χ1n) is 14.3. The van der Waals surface area contributed by atoms with Crippen molar-refractivity contribution < 1.29 is 34.4 Å². The number of nitrogens with zero attached hydrogens (tertiary/aromatic N) is 5. The van der Waals surface area contributed by atoms with Crippen LogP contribution in [0.4, 0.5) is 17.5 Å². The quantitative estimate of drug-likeness (QED) is 0.0833. The molecule has 1 aliphatic rings. The van der Waals surface area contributed by atoms with Crippen molar-refractivity contribution in [3.63, 3.8) is 0 Å². The van der Waals surface area contributed by atoms with Crippen LogP contribution in [-0.2, 0) is 20.9 Å². The number of carboxylic acid groups (broad SMARTS) is 1. The lowest BCUT2D eigenvalue weighted by molar-refractivity contribution is -0.139. The van der Waals surface area contributed by atoms with Crippen molar-refractivity contribution in [2.75, 3.05) is 23.0 Å². The number of benzene rings is 1. The number of carboxylic acids is 1. The molecule has 1 aliphatic heterocycles. The van der Waals surface area contributed by atoms with Gasteiger partial charge in [0.1, 0.15) is 24.1 Å². The molecule has 1 saturated heterocycles. The highest BCUT2D eigenvalue weighted by Gasteiger charge is 2.38. The van der Waals surface area contributed by atoms with Gasteiger partial charge in [0.15, 0.2) is 17.4 Å². The van der Waals surface area contributed by atoms with Crippen LogP contribution in [0.1, 0.15) is 35.1 Å². The van der Waals surface area contributed by atoms with Crippen LogP contribution in [0.5, 0.6) is 0 Å². The summed E-state index contributed by atoms with van der Waals surface area (Å²) in [5, 5.41) is 36.9. The molecule has 1 aromatic carbocycles. The zero-order valence-electron chi connectivity index (χ0n) is 25.0. The minimum atomic E-state index is -1.40. The van der Waals surface area contributed by atoms with Gasteiger partial charge in [-0.3, -0.25) is 23.9 Å². The van der Waals surface area contributed by atoms with Gasteiger partial charge in [-0.1, -0.05) is 6.58 Å². The number of fused-ring (bicyclic) bond motifs is 1. The third-order valence-corrected chi connectivity index (χ3v) is 7.25. The number of aliphatic hydroxyl groups excluding tert-OH is 2. The van der Waals surface area contributed by atoms with E-state index in [2.05, 4.69) is 47.4 Å². The molecule has 5 rings (SSSR count). The predicted molar refractivity (Wildman–Crippen MR) is 168 cm³/mol. The van der Waals surface area contributed by atoms with E-state index in [0.29, 0.717) is 11.4 Å². The molecule has 19 nitrogen and oxygen atoms in total. The number of ether oxygens (including phenoxy) is 1. The monoisotopic (exact) mass is 662 g/mol. The van der Waals surface area contributed by atoms with Gasteiger partial charge in [0.25, 0.3) is 11.5 Å². The van der Waals surface area contributed by atoms with Crippen LogP contribution in [0.2, 0.25) is 0 Å². The Labute approximate surface area is 269 Å². The molecule has 0 saturated carbocycles. The van der Waals surface area contributed by atoms with E-state index in [-0.39, 0.29) is 53.5 Å². The molecule has 2 amide bonds. The van der Waals surface area contributed by atoms with E-state index in [1.165, 1.54) is 30.6 Å². The summed E-state index contributed by atoms with van der Waals surface area (Å²) in [4.78, 5) is 80.1. The standard InChI is InChI=1S/C29H30N10O9/c1-13-22(42)18(12-40)48-26(13)39-9-8-19(36-29(39)47)35-20(41)7-6-17(27(45)46)34-24(43)14-2-4-15(5-3-14)31-10-16-11-32-23-21(33-16)25(44)38-28(30)37-23/h2-5,8-9,11,17-18,22,26,31,40,42H,1,6-7,10,12H2,(H,34,43)(H,45,46)(H,35,36,41,47)(H3,30,32,37,38,44)/t17-,18+,22-,26+/m0/s1. The Bertz CT molecular complexity index is 2000. The summed E-state index contributed by atoms with van der Waals surface area (Å²) in [6, 6.07) is 6.01. The number of nitrogen functional groups attached to an aromatic ring is 1. The Hall–Kier alpha value is -6.05. The number of carbonyl (C=O) groups is 3. The number of nitrogens with two attached hydrogens (primary N) is 1. The third-order valence-electron chi connectivity index (χ3n) is 7.25. The van der Waals surface area contributed by atoms with Crippen molar-refractivity contribution in [3.8, 4) is 0 Å². The number of carbonyl (C=O) groups excluding carboxylic acids is 2. The fourth-order valence-electron chi connectivity index (χ4n) is 4.73. The minimum absolute atomic E-state index is 0.0318. The lowest BCUT2D eigenvalue weighted by Crippen LogP contribution is -2.41. The van der Waals surface area contributed by atoms with Gasteiger partial charge in [-0.25, -0.2) is 19.6 Å². The van der Waals surface area contributed by atoms with E-state index < -0.39 is 60.1 Å². The highest BCUT2D eigenvalue weighted by atomic mass is 16.5. The zero-order chi connectivity index (χ0) is 34.5. The van der Waals surface area contributed by atoms with Crippen LogP contribution in [0, 0.1) is 0 Å². The number of aliphatic hydroxyl groups is 2. The number of nitrogens with one attached hydrogen (secondary N) is 4. The van der Waals surface area contributed by atoms with E-state index in [1.54, 1.807) is 12.1 Å². The van der Waals surface area contributed by atoms with Gasteiger partial charge < -0.3 is 41.7 Å². The zero-order valence-corrected chi connectivity index (χ0v) is 25.0. The minimum Gasteiger partial charge on any atom is -0.480 e. The number of hydrogen-bond donors (Lipinski definition) is 8. The molecule has 0 radical (unpaired) electrons. The summed E-state index contributed by atoms with van der Waals surface area (Å²) in [5.74, 6) is -2.89. The molecule has 3 aromatic heterocycles. The number of aliphatic carboxylic acids is 1. The Kier molecular flexibility index (Phi) is 9.83. The second-order valence-electron chi connectivity index (χ2n) is 10.6. The third kappa shape index (κ3) is 7.49. The molecule has 0 spiro atoms. The first-order chi connectivity index (χ1) is 22.9. The molecular weight excluding hydrogens is 632 g/mol. The Morgan fingerprint density at radius 3 is 2.54 bits per heavy atom. The lowest BCUT2D eigenvalue weighted by Gasteiger charge is -2.16. The molecular formula is C29H30N10O9. The number of anilines is 3. The van der Waals surface area contributed by atoms with Crippen LogP contribution >= 0.6 is 0 Å². The fraction of sp³-hybridized carbons (Fsp3) is 0.276. The van der Waals surface area contributed by atoms with Gasteiger partial charge in [0, 0.05) is 29.4 Å². The Balaban J connectivity index is 1.12. The highest BCUT2D eigenvalue weighted by Crippen LogP contribution is 2.31. The molecule has 9 N–H and O–H groups in total. The summed E-state index contributed by atoms with van der Waals surface area (Å²) in [6.45, 7) is 3.39. The number of hydrogen-bond acceptors (Lipinski definition) is 14. The average Bonchev–Trinajstić information content (AvgIpc) is 3.34. The second kappa shape index (κ2) is 14.2. The summed E-state index contributed by atoms with van der Waals surface area (Å²) >= 11 is 0. The van der Waals surface area contributed by atoms with E-state index >= 15 is 0 Å². The molecule has 0 aliphatic carbocycles. The summed E-state index contributed by atoms with van der Waals surface area (Å²) < 4.78 is 6.48. The summed E-state index contributed by atoms with van der Waals surface area (Å²) in [6.07, 6.45) is -1.09. The molecule has 19 heteroatoms. The first-order valence-corrected chi connectivity index (χ1v) is 14.3. The lowest BCUT2D eigenvalue weighted by atomic mass is 10.1. The van der Waals surface area contributed by atoms with Gasteiger partial charge in [-0.2, -0.15) is 9.97 Å². The van der Waals surface area contributed by atoms with E-state index in [0.717, 1.165) is 4.57 Å². The van der Waals surface area contributed by atoms with Crippen LogP contribution < -0.4 is 32.9 Å². The van der Waals surface area contributed by atoms with Crippen molar-refractivity contribution in [1.29, 1.82) is 0 Å². The van der Waals surface area contributed by atoms with E-state index in [9.17, 15) is 39.3 Å². The van der Waals surface area contributed by atoms with Crippen molar-refractivity contribution >= 4 is 46.4 Å². The normalized spacial score (nSPS) is 18.0. The van der Waals surface area contributed by atoms with E-state index in [4.69, 9.17) is 10.5 Å². The van der Waals surface area contributed by atoms with Crippen molar-refractivity contribution in [2.24, 2.45) is 0 Å². The van der Waals surface area contributed by atoms with Crippen LogP contribution in [0.3, 0.4) is 0 Å². The second-order valence-corrected chi connectivity index (χ2v) is 10.6. The molecule has 1 fully saturated rings. The Morgan fingerprint density at radius 1 is 1.12 bits per heavy atom. The molecule has 250 valence electrons. The van der Waals surface area contributed by atoms with Gasteiger partial charge in [0.05, 0.1) is 25.0 Å². The van der Waals surface area contributed by atoms with Crippen LogP contribution in [-0.4, -0.2) is 87.4 Å². The number of aromatic nitrogens is 6. The number of H-pyrrole nitrogens is 1. The molecule has 48 heavy (non-hydrogen) atoms. The van der Waals surface area contributed by atoms with Gasteiger partial charge in [-0.05, 0) is 36.8 Å². The number of amides is 2. The van der Waals surface area contributed by atoms with Crippen molar-refractivity contribution in [2.45, 2.75) is 43.9 Å². The molecule has 4 aromatic rings. The molecule has 4 heterocycles. The fourth-order valence-corrected chi connectivity index (χ4v) is 4.73. The molecule has 4 atom stereocenters. The molecule has 0 bridgehead atoms. The van der Waals surface area contributed by atoms with Gasteiger partial charge in [0.2, 0.25) is 11.9 Å². The van der Waals surface area contributed by atoms with Crippen LogP contribution in [0.25, 0.3) is 11.2 Å². The maximum Gasteiger partial charge on any atom is 0.351 e. The topological polar surface area (TPSA) is 290 Å². The highest BCUT2D eigenvalue weighted by molar-refractivity contribution is 5.97. The first kappa shape index (κ1) is 33.3. The summed E-state index contributed by atoms with van der Waals surface area (Å²) in [5.41, 5.74) is 5.65. The SMILES string of the molecule is C=C1[C@H](n2ccc(NC(=O)CC[C@H](NC(=O)c3ccc(NCc4cnc5nc(N)[nH]c(=O)c5n4)cc3)C(=O)O)nc2=O)O[C@H](CO)[C@H]1O. The molecule has 0 unspecified atom stereocenters. The Morgan fingerprint density at radius 2 is 1.88 bits per heavy atom.